The average Bonchev–Trinajstić information content (AvgIpc) is 2.48. The van der Waals surface area contributed by atoms with Crippen LogP contribution in [0.25, 0.3) is 0 Å². The topological polar surface area (TPSA) is 21.3 Å². The van der Waals surface area contributed by atoms with Crippen LogP contribution in [0.4, 0.5) is 8.78 Å². The smallest absolute Gasteiger partial charge is 0.159 e. The molecule has 2 unspecified atom stereocenters. The van der Waals surface area contributed by atoms with Gasteiger partial charge in [-0.1, -0.05) is 28.1 Å². The Hall–Kier alpha value is -1.46. The number of hydrogen-bond donors (Lipinski definition) is 1. The van der Waals surface area contributed by atoms with Crippen LogP contribution in [0.1, 0.15) is 29.7 Å². The lowest BCUT2D eigenvalue weighted by molar-refractivity contribution is 0.153. The Morgan fingerprint density at radius 3 is 2.67 bits per heavy atom. The third-order valence-electron chi connectivity index (χ3n) is 3.73. The minimum absolute atomic E-state index is 0.111. The van der Waals surface area contributed by atoms with Crippen molar-refractivity contribution < 1.29 is 13.5 Å². The molecule has 0 aliphatic carbocycles. The Morgan fingerprint density at radius 1 is 1.14 bits per heavy atom. The summed E-state index contributed by atoms with van der Waals surface area (Å²) in [4.78, 5) is 0. The predicted molar refractivity (Wildman–Crippen MR) is 80.3 cm³/mol. The molecule has 0 bridgehead atoms. The van der Waals surface area contributed by atoms with Gasteiger partial charge in [-0.2, -0.15) is 0 Å². The zero-order valence-corrected chi connectivity index (χ0v) is 13.0. The second-order valence-corrected chi connectivity index (χ2v) is 5.95. The second kappa shape index (κ2) is 5.73. The maximum atomic E-state index is 13.4. The van der Waals surface area contributed by atoms with Crippen molar-refractivity contribution in [1.82, 2.24) is 5.32 Å². The Morgan fingerprint density at radius 2 is 1.95 bits per heavy atom. The number of ether oxygens (including phenoxy) is 1. The first-order valence-corrected chi connectivity index (χ1v) is 7.46. The molecule has 5 heteroatoms. The van der Waals surface area contributed by atoms with E-state index in [1.807, 2.05) is 25.2 Å². The molecule has 2 aromatic rings. The van der Waals surface area contributed by atoms with Gasteiger partial charge in [-0.3, -0.25) is 0 Å². The standard InChI is InChI=1S/C16H14BrF2NO/c1-20-14-8-15(9-2-5-12(18)13(19)6-9)21-16-7-10(17)3-4-11(14)16/h2-7,14-15,20H,8H2,1H3. The number of fused-ring (bicyclic) bond motifs is 1. The summed E-state index contributed by atoms with van der Waals surface area (Å²) in [6, 6.07) is 9.88. The van der Waals surface area contributed by atoms with Crippen LogP contribution in [-0.4, -0.2) is 7.05 Å². The van der Waals surface area contributed by atoms with Crippen molar-refractivity contribution in [2.75, 3.05) is 7.05 Å². The fourth-order valence-electron chi connectivity index (χ4n) is 2.63. The summed E-state index contributed by atoms with van der Waals surface area (Å²) in [7, 11) is 1.88. The average molecular weight is 354 g/mol. The number of rotatable bonds is 2. The molecule has 0 aromatic heterocycles. The summed E-state index contributed by atoms with van der Waals surface area (Å²) in [5.74, 6) is -0.940. The number of hydrogen-bond acceptors (Lipinski definition) is 2. The fraction of sp³-hybridized carbons (Fsp3) is 0.250. The molecule has 1 aliphatic rings. The lowest BCUT2D eigenvalue weighted by Crippen LogP contribution is -2.26. The fourth-order valence-corrected chi connectivity index (χ4v) is 2.97. The van der Waals surface area contributed by atoms with E-state index >= 15 is 0 Å². The van der Waals surface area contributed by atoms with Gasteiger partial charge in [0.25, 0.3) is 0 Å². The van der Waals surface area contributed by atoms with Crippen LogP contribution < -0.4 is 10.1 Å². The molecule has 2 aromatic carbocycles. The molecule has 1 heterocycles. The SMILES string of the molecule is CNC1CC(c2ccc(F)c(F)c2)Oc2cc(Br)ccc21. The monoisotopic (exact) mass is 353 g/mol. The van der Waals surface area contributed by atoms with Crippen LogP contribution in [0.2, 0.25) is 0 Å². The van der Waals surface area contributed by atoms with Crippen molar-refractivity contribution >= 4 is 15.9 Å². The molecule has 0 fully saturated rings. The Balaban J connectivity index is 1.97. The van der Waals surface area contributed by atoms with E-state index in [2.05, 4.69) is 21.2 Å². The molecule has 110 valence electrons. The van der Waals surface area contributed by atoms with Gasteiger partial charge >= 0.3 is 0 Å². The highest BCUT2D eigenvalue weighted by Gasteiger charge is 2.29. The minimum Gasteiger partial charge on any atom is -0.485 e. The lowest BCUT2D eigenvalue weighted by atomic mass is 9.93. The maximum Gasteiger partial charge on any atom is 0.159 e. The van der Waals surface area contributed by atoms with Crippen molar-refractivity contribution in [3.8, 4) is 5.75 Å². The Kier molecular flexibility index (Phi) is 3.95. The molecule has 0 amide bonds. The summed E-state index contributed by atoms with van der Waals surface area (Å²) >= 11 is 3.42. The van der Waals surface area contributed by atoms with E-state index in [9.17, 15) is 8.78 Å². The Labute approximate surface area is 130 Å². The molecule has 3 rings (SSSR count). The van der Waals surface area contributed by atoms with Crippen LogP contribution in [0.5, 0.6) is 5.75 Å². The van der Waals surface area contributed by atoms with Crippen LogP contribution in [0.3, 0.4) is 0 Å². The third-order valence-corrected chi connectivity index (χ3v) is 4.23. The normalized spacial score (nSPS) is 20.8. The highest BCUT2D eigenvalue weighted by molar-refractivity contribution is 9.10. The zero-order chi connectivity index (χ0) is 15.0. The molecule has 0 radical (unpaired) electrons. The van der Waals surface area contributed by atoms with Gasteiger partial charge in [-0.05, 0) is 36.9 Å². The van der Waals surface area contributed by atoms with E-state index in [1.54, 1.807) is 6.07 Å². The van der Waals surface area contributed by atoms with Gasteiger partial charge in [0.1, 0.15) is 11.9 Å². The zero-order valence-electron chi connectivity index (χ0n) is 11.4. The first kappa shape index (κ1) is 14.5. The molecule has 0 spiro atoms. The van der Waals surface area contributed by atoms with Crippen molar-refractivity contribution in [2.45, 2.75) is 18.6 Å². The van der Waals surface area contributed by atoms with E-state index in [4.69, 9.17) is 4.74 Å². The number of benzene rings is 2. The van der Waals surface area contributed by atoms with Crippen LogP contribution in [-0.2, 0) is 0 Å². The van der Waals surface area contributed by atoms with Crippen LogP contribution in [0, 0.1) is 11.6 Å². The van der Waals surface area contributed by atoms with E-state index in [-0.39, 0.29) is 12.1 Å². The van der Waals surface area contributed by atoms with Crippen molar-refractivity contribution in [3.05, 3.63) is 63.6 Å². The molecule has 2 atom stereocenters. The maximum absolute atomic E-state index is 13.4. The molecular formula is C16H14BrF2NO. The number of halogens is 3. The molecule has 0 saturated carbocycles. The molecule has 2 nitrogen and oxygen atoms in total. The molecule has 1 N–H and O–H groups in total. The molecule has 0 saturated heterocycles. The minimum atomic E-state index is -0.850. The van der Waals surface area contributed by atoms with Gasteiger partial charge in [-0.15, -0.1) is 0 Å². The van der Waals surface area contributed by atoms with Gasteiger partial charge in [0, 0.05) is 22.5 Å². The van der Waals surface area contributed by atoms with Crippen LogP contribution in [0.15, 0.2) is 40.9 Å². The van der Waals surface area contributed by atoms with Crippen molar-refractivity contribution in [3.63, 3.8) is 0 Å². The molecule has 21 heavy (non-hydrogen) atoms. The summed E-state index contributed by atoms with van der Waals surface area (Å²) in [6.45, 7) is 0. The Bertz CT molecular complexity index is 677. The first-order valence-electron chi connectivity index (χ1n) is 6.67. The molecule has 1 aliphatic heterocycles. The quantitative estimate of drug-likeness (QED) is 0.857. The van der Waals surface area contributed by atoms with E-state index in [0.29, 0.717) is 12.0 Å². The second-order valence-electron chi connectivity index (χ2n) is 5.04. The summed E-state index contributed by atoms with van der Waals surface area (Å²) in [5.41, 5.74) is 1.71. The highest BCUT2D eigenvalue weighted by atomic mass is 79.9. The summed E-state index contributed by atoms with van der Waals surface area (Å²) < 4.78 is 33.4. The summed E-state index contributed by atoms with van der Waals surface area (Å²) in [6.07, 6.45) is 0.357. The molecular weight excluding hydrogens is 340 g/mol. The summed E-state index contributed by atoms with van der Waals surface area (Å²) in [5, 5.41) is 3.24. The van der Waals surface area contributed by atoms with Crippen molar-refractivity contribution in [2.24, 2.45) is 0 Å². The van der Waals surface area contributed by atoms with Gasteiger partial charge < -0.3 is 10.1 Å². The first-order chi connectivity index (χ1) is 10.1. The lowest BCUT2D eigenvalue weighted by Gasteiger charge is -2.32. The van der Waals surface area contributed by atoms with E-state index in [1.165, 1.54) is 6.07 Å². The highest BCUT2D eigenvalue weighted by Crippen LogP contribution is 2.41. The van der Waals surface area contributed by atoms with E-state index < -0.39 is 11.6 Å². The van der Waals surface area contributed by atoms with Gasteiger partial charge in [-0.25, -0.2) is 8.78 Å². The van der Waals surface area contributed by atoms with Gasteiger partial charge in [0.2, 0.25) is 0 Å². The predicted octanol–water partition coefficient (Wildman–Crippen LogP) is 4.51. The largest absolute Gasteiger partial charge is 0.485 e. The third kappa shape index (κ3) is 2.80. The van der Waals surface area contributed by atoms with E-state index in [0.717, 1.165) is 21.9 Å². The van der Waals surface area contributed by atoms with Crippen molar-refractivity contribution in [1.29, 1.82) is 0 Å². The van der Waals surface area contributed by atoms with Gasteiger partial charge in [0.15, 0.2) is 11.6 Å². The van der Waals surface area contributed by atoms with Crippen LogP contribution >= 0.6 is 15.9 Å². The number of nitrogens with one attached hydrogen (secondary N) is 1. The van der Waals surface area contributed by atoms with Gasteiger partial charge in [0.05, 0.1) is 0 Å².